The van der Waals surface area contributed by atoms with Crippen LogP contribution < -0.4 is 0 Å². The van der Waals surface area contributed by atoms with Crippen LogP contribution in [0.3, 0.4) is 0 Å². The number of nitrogens with zero attached hydrogens (tertiary/aromatic N) is 2. The Hall–Kier alpha value is -1.68. The molecule has 0 fully saturated rings. The maximum atomic E-state index is 13.3. The Morgan fingerprint density at radius 2 is 2.16 bits per heavy atom. The highest BCUT2D eigenvalue weighted by molar-refractivity contribution is 7.09. The Morgan fingerprint density at radius 3 is 2.89 bits per heavy atom. The number of aromatic nitrogens is 2. The van der Waals surface area contributed by atoms with Crippen LogP contribution in [-0.2, 0) is 6.54 Å². The normalized spacial score (nSPS) is 11.6. The summed E-state index contributed by atoms with van der Waals surface area (Å²) in [6, 6.07) is 6.88. The molecule has 0 atom stereocenters. The van der Waals surface area contributed by atoms with Gasteiger partial charge in [-0.1, -0.05) is 13.8 Å². The number of fused-ring (bicyclic) bond motifs is 1. The molecular weight excluding hydrogens is 259 g/mol. The highest BCUT2D eigenvalue weighted by Crippen LogP contribution is 2.22. The summed E-state index contributed by atoms with van der Waals surface area (Å²) in [5.41, 5.74) is 1.95. The van der Waals surface area contributed by atoms with Gasteiger partial charge in [-0.15, -0.1) is 11.3 Å². The van der Waals surface area contributed by atoms with Crippen LogP contribution in [0.1, 0.15) is 30.5 Å². The molecule has 0 N–H and O–H groups in total. The molecule has 2 heterocycles. The number of rotatable bonds is 3. The van der Waals surface area contributed by atoms with E-state index in [9.17, 15) is 4.39 Å². The van der Waals surface area contributed by atoms with E-state index in [1.807, 2.05) is 22.9 Å². The van der Waals surface area contributed by atoms with Crippen LogP contribution in [0, 0.1) is 5.82 Å². The van der Waals surface area contributed by atoms with Crippen molar-refractivity contribution in [1.82, 2.24) is 9.55 Å². The fourth-order valence-electron chi connectivity index (χ4n) is 2.13. The SMILES string of the molecule is CC(C)c1nc(Cn2ccc3ccc(F)cc32)cs1. The highest BCUT2D eigenvalue weighted by atomic mass is 32.1. The molecule has 0 spiro atoms. The van der Waals surface area contributed by atoms with Crippen molar-refractivity contribution < 1.29 is 4.39 Å². The van der Waals surface area contributed by atoms with Crippen LogP contribution in [0.15, 0.2) is 35.8 Å². The zero-order valence-corrected chi connectivity index (χ0v) is 11.7. The van der Waals surface area contributed by atoms with Crippen LogP contribution in [0.25, 0.3) is 10.9 Å². The topological polar surface area (TPSA) is 17.8 Å². The van der Waals surface area contributed by atoms with Gasteiger partial charge in [-0.25, -0.2) is 9.37 Å². The minimum absolute atomic E-state index is 0.200. The first kappa shape index (κ1) is 12.4. The van der Waals surface area contributed by atoms with Gasteiger partial charge in [0.15, 0.2) is 0 Å². The largest absolute Gasteiger partial charge is 0.341 e. The Bertz CT molecular complexity index is 712. The molecule has 2 aromatic heterocycles. The van der Waals surface area contributed by atoms with Gasteiger partial charge in [0.2, 0.25) is 0 Å². The molecule has 0 radical (unpaired) electrons. The molecule has 2 nitrogen and oxygen atoms in total. The summed E-state index contributed by atoms with van der Waals surface area (Å²) in [4.78, 5) is 4.62. The Morgan fingerprint density at radius 1 is 1.32 bits per heavy atom. The van der Waals surface area contributed by atoms with E-state index < -0.39 is 0 Å². The van der Waals surface area contributed by atoms with Crippen LogP contribution >= 0.6 is 11.3 Å². The first-order valence-electron chi connectivity index (χ1n) is 6.32. The van der Waals surface area contributed by atoms with E-state index in [-0.39, 0.29) is 5.82 Å². The predicted molar refractivity (Wildman–Crippen MR) is 77.2 cm³/mol. The summed E-state index contributed by atoms with van der Waals surface area (Å²) in [7, 11) is 0. The van der Waals surface area contributed by atoms with Crippen LogP contribution in [0.5, 0.6) is 0 Å². The van der Waals surface area contributed by atoms with E-state index in [2.05, 4.69) is 24.2 Å². The van der Waals surface area contributed by atoms with E-state index in [1.165, 1.54) is 6.07 Å². The zero-order valence-electron chi connectivity index (χ0n) is 10.9. The molecule has 0 bridgehead atoms. The molecule has 3 rings (SSSR count). The molecule has 0 unspecified atom stereocenters. The standard InChI is InChI=1S/C15H15FN2S/c1-10(2)15-17-13(9-19-15)8-18-6-5-11-3-4-12(16)7-14(11)18/h3-7,9-10H,8H2,1-2H3. The van der Waals surface area contributed by atoms with Gasteiger partial charge in [0.25, 0.3) is 0 Å². The van der Waals surface area contributed by atoms with Crippen molar-refractivity contribution in [2.45, 2.75) is 26.3 Å². The molecule has 0 amide bonds. The molecule has 4 heteroatoms. The summed E-state index contributed by atoms with van der Waals surface area (Å²) in [5.74, 6) is 0.256. The Kier molecular flexibility index (Phi) is 3.11. The number of hydrogen-bond donors (Lipinski definition) is 0. The average Bonchev–Trinajstić information content (AvgIpc) is 2.98. The lowest BCUT2D eigenvalue weighted by molar-refractivity contribution is 0.628. The summed E-state index contributed by atoms with van der Waals surface area (Å²) in [6.07, 6.45) is 1.98. The van der Waals surface area contributed by atoms with E-state index in [0.717, 1.165) is 21.6 Å². The van der Waals surface area contributed by atoms with Gasteiger partial charge in [0.05, 0.1) is 22.8 Å². The van der Waals surface area contributed by atoms with Gasteiger partial charge < -0.3 is 4.57 Å². The highest BCUT2D eigenvalue weighted by Gasteiger charge is 2.08. The lowest BCUT2D eigenvalue weighted by atomic mass is 10.2. The molecule has 1 aromatic carbocycles. The summed E-state index contributed by atoms with van der Waals surface area (Å²) < 4.78 is 15.4. The van der Waals surface area contributed by atoms with Gasteiger partial charge in [-0.3, -0.25) is 0 Å². The molecule has 98 valence electrons. The second-order valence-corrected chi connectivity index (χ2v) is 5.87. The molecule has 19 heavy (non-hydrogen) atoms. The van der Waals surface area contributed by atoms with Gasteiger partial charge in [-0.2, -0.15) is 0 Å². The van der Waals surface area contributed by atoms with Crippen molar-refractivity contribution in [2.75, 3.05) is 0 Å². The van der Waals surface area contributed by atoms with E-state index in [4.69, 9.17) is 0 Å². The molecule has 3 aromatic rings. The fourth-order valence-corrected chi connectivity index (χ4v) is 2.96. The van der Waals surface area contributed by atoms with Gasteiger partial charge in [0, 0.05) is 17.5 Å². The smallest absolute Gasteiger partial charge is 0.125 e. The molecule has 0 aliphatic heterocycles. The molecular formula is C15H15FN2S. The van der Waals surface area contributed by atoms with Crippen molar-refractivity contribution in [3.8, 4) is 0 Å². The second kappa shape index (κ2) is 4.78. The average molecular weight is 274 g/mol. The second-order valence-electron chi connectivity index (χ2n) is 4.98. The zero-order chi connectivity index (χ0) is 13.4. The van der Waals surface area contributed by atoms with Crippen molar-refractivity contribution in [3.63, 3.8) is 0 Å². The summed E-state index contributed by atoms with van der Waals surface area (Å²) >= 11 is 1.69. The van der Waals surface area contributed by atoms with Crippen LogP contribution in [-0.4, -0.2) is 9.55 Å². The minimum Gasteiger partial charge on any atom is -0.341 e. The van der Waals surface area contributed by atoms with Crippen molar-refractivity contribution in [1.29, 1.82) is 0 Å². The summed E-state index contributed by atoms with van der Waals surface area (Å²) in [5, 5.41) is 4.29. The third-order valence-corrected chi connectivity index (χ3v) is 4.33. The predicted octanol–water partition coefficient (Wildman–Crippen LogP) is 4.41. The summed E-state index contributed by atoms with van der Waals surface area (Å²) in [6.45, 7) is 4.97. The third kappa shape index (κ3) is 2.40. The maximum absolute atomic E-state index is 13.3. The van der Waals surface area contributed by atoms with Crippen molar-refractivity contribution in [3.05, 3.63) is 52.4 Å². The van der Waals surface area contributed by atoms with Crippen LogP contribution in [0.4, 0.5) is 4.39 Å². The first-order chi connectivity index (χ1) is 9.13. The van der Waals surface area contributed by atoms with Gasteiger partial charge in [-0.05, 0) is 29.7 Å². The van der Waals surface area contributed by atoms with Crippen LogP contribution in [0.2, 0.25) is 0 Å². The lowest BCUT2D eigenvalue weighted by Gasteiger charge is -2.03. The van der Waals surface area contributed by atoms with Crippen molar-refractivity contribution in [2.24, 2.45) is 0 Å². The van der Waals surface area contributed by atoms with Gasteiger partial charge >= 0.3 is 0 Å². The first-order valence-corrected chi connectivity index (χ1v) is 7.20. The molecule has 0 saturated carbocycles. The van der Waals surface area contributed by atoms with Crippen molar-refractivity contribution >= 4 is 22.2 Å². The quantitative estimate of drug-likeness (QED) is 0.692. The Labute approximate surface area is 115 Å². The number of thiazole rings is 1. The van der Waals surface area contributed by atoms with Gasteiger partial charge in [0.1, 0.15) is 5.82 Å². The lowest BCUT2D eigenvalue weighted by Crippen LogP contribution is -1.99. The molecule has 0 saturated heterocycles. The fraction of sp³-hybridized carbons (Fsp3) is 0.267. The maximum Gasteiger partial charge on any atom is 0.125 e. The Balaban J connectivity index is 1.94. The number of benzene rings is 1. The minimum atomic E-state index is -0.200. The monoisotopic (exact) mass is 274 g/mol. The number of hydrogen-bond acceptors (Lipinski definition) is 2. The molecule has 0 aliphatic rings. The molecule has 0 aliphatic carbocycles. The van der Waals surface area contributed by atoms with E-state index >= 15 is 0 Å². The third-order valence-electron chi connectivity index (χ3n) is 3.13. The number of halogens is 1. The van der Waals surface area contributed by atoms with E-state index in [0.29, 0.717) is 12.5 Å². The van der Waals surface area contributed by atoms with E-state index in [1.54, 1.807) is 17.4 Å².